The molecule has 0 aromatic carbocycles. The van der Waals surface area contributed by atoms with E-state index in [9.17, 15) is 0 Å². The smallest absolute Gasteiger partial charge is 0.223 e. The predicted octanol–water partition coefficient (Wildman–Crippen LogP) is -0.214. The molecular formula is C6H11N5. The van der Waals surface area contributed by atoms with Gasteiger partial charge in [-0.25, -0.2) is 0 Å². The number of nitrogens with two attached hydrogens (primary N) is 3. The first-order valence-corrected chi connectivity index (χ1v) is 3.32. The molecule has 5 heteroatoms. The van der Waals surface area contributed by atoms with E-state index in [4.69, 9.17) is 17.2 Å². The predicted molar refractivity (Wildman–Crippen MR) is 44.6 cm³/mol. The second-order valence-corrected chi connectivity index (χ2v) is 2.18. The lowest BCUT2D eigenvalue weighted by Gasteiger charge is -2.04. The number of rotatable bonds is 1. The zero-order valence-electron chi connectivity index (χ0n) is 6.33. The van der Waals surface area contributed by atoms with Gasteiger partial charge in [-0.1, -0.05) is 6.92 Å². The Kier molecular flexibility index (Phi) is 1.80. The van der Waals surface area contributed by atoms with Crippen molar-refractivity contribution >= 4 is 17.6 Å². The first kappa shape index (κ1) is 7.59. The fourth-order valence-electron chi connectivity index (χ4n) is 0.900. The molecule has 6 N–H and O–H groups in total. The van der Waals surface area contributed by atoms with E-state index in [1.165, 1.54) is 0 Å². The molecular weight excluding hydrogens is 142 g/mol. The van der Waals surface area contributed by atoms with Crippen LogP contribution in [0.2, 0.25) is 0 Å². The van der Waals surface area contributed by atoms with Gasteiger partial charge in [-0.05, 0) is 6.42 Å². The molecule has 0 atom stereocenters. The highest BCUT2D eigenvalue weighted by Gasteiger charge is 2.04. The van der Waals surface area contributed by atoms with Gasteiger partial charge in [0.2, 0.25) is 5.95 Å². The number of hydrogen-bond acceptors (Lipinski definition) is 5. The average Bonchev–Trinajstić information content (AvgIpc) is 1.85. The van der Waals surface area contributed by atoms with Crippen LogP contribution in [0.1, 0.15) is 12.5 Å². The summed E-state index contributed by atoms with van der Waals surface area (Å²) in [6, 6.07) is 0. The van der Waals surface area contributed by atoms with Crippen LogP contribution >= 0.6 is 0 Å². The molecule has 0 unspecified atom stereocenters. The molecule has 0 amide bonds. The van der Waals surface area contributed by atoms with E-state index in [1.54, 1.807) is 0 Å². The lowest BCUT2D eigenvalue weighted by atomic mass is 10.2. The highest BCUT2D eigenvalue weighted by Crippen LogP contribution is 2.16. The van der Waals surface area contributed by atoms with Crippen LogP contribution in [0.4, 0.5) is 17.6 Å². The molecule has 0 bridgehead atoms. The summed E-state index contributed by atoms with van der Waals surface area (Å²) in [4.78, 5) is 7.54. The Morgan fingerprint density at radius 1 is 1.09 bits per heavy atom. The Balaban J connectivity index is 3.25. The van der Waals surface area contributed by atoms with Crippen LogP contribution in [0.15, 0.2) is 0 Å². The van der Waals surface area contributed by atoms with Crippen LogP contribution in [-0.4, -0.2) is 9.97 Å². The minimum absolute atomic E-state index is 0.122. The van der Waals surface area contributed by atoms with Crippen molar-refractivity contribution in [2.45, 2.75) is 13.3 Å². The molecule has 60 valence electrons. The minimum atomic E-state index is 0.122. The standard InChI is InChI=1S/C6H11N5/c1-2-3-4(7)10-6(9)11-5(3)8/h2H2,1H3,(H6,7,8,9,10,11). The van der Waals surface area contributed by atoms with Gasteiger partial charge in [0, 0.05) is 5.56 Å². The van der Waals surface area contributed by atoms with Gasteiger partial charge >= 0.3 is 0 Å². The average molecular weight is 153 g/mol. The Bertz CT molecular complexity index is 247. The van der Waals surface area contributed by atoms with Gasteiger partial charge in [0.15, 0.2) is 0 Å². The molecule has 0 saturated heterocycles. The van der Waals surface area contributed by atoms with Crippen LogP contribution in [0, 0.1) is 0 Å². The maximum Gasteiger partial charge on any atom is 0.223 e. The Morgan fingerprint density at radius 3 is 1.91 bits per heavy atom. The molecule has 0 saturated carbocycles. The highest BCUT2D eigenvalue weighted by molar-refractivity contribution is 5.55. The highest BCUT2D eigenvalue weighted by atomic mass is 15.1. The lowest BCUT2D eigenvalue weighted by molar-refractivity contribution is 1.07. The van der Waals surface area contributed by atoms with Crippen LogP contribution in [0.25, 0.3) is 0 Å². The second-order valence-electron chi connectivity index (χ2n) is 2.18. The zero-order chi connectivity index (χ0) is 8.43. The van der Waals surface area contributed by atoms with Crippen molar-refractivity contribution in [2.75, 3.05) is 17.2 Å². The number of hydrogen-bond donors (Lipinski definition) is 3. The van der Waals surface area contributed by atoms with Crippen molar-refractivity contribution in [2.24, 2.45) is 0 Å². The van der Waals surface area contributed by atoms with Crippen LogP contribution in [-0.2, 0) is 6.42 Å². The summed E-state index contributed by atoms with van der Waals surface area (Å²) in [7, 11) is 0. The molecule has 1 aromatic rings. The van der Waals surface area contributed by atoms with Gasteiger partial charge in [-0.2, -0.15) is 9.97 Å². The van der Waals surface area contributed by atoms with Crippen molar-refractivity contribution < 1.29 is 0 Å². The molecule has 0 radical (unpaired) electrons. The summed E-state index contributed by atoms with van der Waals surface area (Å²) >= 11 is 0. The molecule has 0 spiro atoms. The first-order valence-electron chi connectivity index (χ1n) is 3.32. The van der Waals surface area contributed by atoms with Crippen LogP contribution < -0.4 is 17.2 Å². The minimum Gasteiger partial charge on any atom is -0.383 e. The summed E-state index contributed by atoms with van der Waals surface area (Å²) in [6.07, 6.45) is 0.720. The summed E-state index contributed by atoms with van der Waals surface area (Å²) in [5.41, 5.74) is 17.1. The van der Waals surface area contributed by atoms with Gasteiger partial charge in [-0.3, -0.25) is 0 Å². The van der Waals surface area contributed by atoms with Crippen molar-refractivity contribution in [3.05, 3.63) is 5.56 Å². The Hall–Kier alpha value is -1.52. The maximum atomic E-state index is 5.52. The molecule has 0 aliphatic carbocycles. The summed E-state index contributed by atoms with van der Waals surface area (Å²) < 4.78 is 0. The van der Waals surface area contributed by atoms with E-state index in [2.05, 4.69) is 9.97 Å². The third kappa shape index (κ3) is 1.31. The first-order chi connectivity index (χ1) is 5.15. The SMILES string of the molecule is CCc1c(N)nc(N)nc1N. The van der Waals surface area contributed by atoms with Gasteiger partial charge in [0.05, 0.1) is 0 Å². The molecule has 0 aliphatic heterocycles. The van der Waals surface area contributed by atoms with Gasteiger partial charge in [-0.15, -0.1) is 0 Å². The maximum absolute atomic E-state index is 5.52. The third-order valence-corrected chi connectivity index (χ3v) is 1.44. The number of aromatic nitrogens is 2. The normalized spacial score (nSPS) is 9.91. The van der Waals surface area contributed by atoms with Gasteiger partial charge in [0.25, 0.3) is 0 Å². The van der Waals surface area contributed by atoms with Crippen molar-refractivity contribution in [3.8, 4) is 0 Å². The van der Waals surface area contributed by atoms with Crippen molar-refractivity contribution in [1.82, 2.24) is 9.97 Å². The Labute approximate surface area is 64.6 Å². The van der Waals surface area contributed by atoms with Crippen molar-refractivity contribution in [3.63, 3.8) is 0 Å². The third-order valence-electron chi connectivity index (χ3n) is 1.44. The largest absolute Gasteiger partial charge is 0.383 e. The van der Waals surface area contributed by atoms with Gasteiger partial charge < -0.3 is 17.2 Å². The fourth-order valence-corrected chi connectivity index (χ4v) is 0.900. The van der Waals surface area contributed by atoms with E-state index in [1.807, 2.05) is 6.92 Å². The number of anilines is 3. The second kappa shape index (κ2) is 2.61. The summed E-state index contributed by atoms with van der Waals surface area (Å²) in [5, 5.41) is 0. The molecule has 1 rings (SSSR count). The molecule has 1 heterocycles. The van der Waals surface area contributed by atoms with Crippen LogP contribution in [0.5, 0.6) is 0 Å². The van der Waals surface area contributed by atoms with Crippen molar-refractivity contribution in [1.29, 1.82) is 0 Å². The molecule has 5 nitrogen and oxygen atoms in total. The quantitative estimate of drug-likeness (QED) is 0.517. The van der Waals surface area contributed by atoms with E-state index < -0.39 is 0 Å². The van der Waals surface area contributed by atoms with E-state index in [-0.39, 0.29) is 5.95 Å². The van der Waals surface area contributed by atoms with E-state index >= 15 is 0 Å². The summed E-state index contributed by atoms with van der Waals surface area (Å²) in [5.74, 6) is 0.868. The Morgan fingerprint density at radius 2 is 1.55 bits per heavy atom. The number of nitrogen functional groups attached to an aromatic ring is 3. The molecule has 11 heavy (non-hydrogen) atoms. The molecule has 0 aliphatic rings. The molecule has 1 aromatic heterocycles. The number of nitrogens with zero attached hydrogens (tertiary/aromatic N) is 2. The van der Waals surface area contributed by atoms with E-state index in [0.29, 0.717) is 11.6 Å². The lowest BCUT2D eigenvalue weighted by Crippen LogP contribution is -2.07. The zero-order valence-corrected chi connectivity index (χ0v) is 6.33. The topological polar surface area (TPSA) is 104 Å². The fraction of sp³-hybridized carbons (Fsp3) is 0.333. The van der Waals surface area contributed by atoms with Crippen LogP contribution in [0.3, 0.4) is 0 Å². The van der Waals surface area contributed by atoms with Gasteiger partial charge in [0.1, 0.15) is 11.6 Å². The van der Waals surface area contributed by atoms with E-state index in [0.717, 1.165) is 12.0 Å². The summed E-state index contributed by atoms with van der Waals surface area (Å²) in [6.45, 7) is 1.93. The monoisotopic (exact) mass is 153 g/mol. The molecule has 0 fully saturated rings.